The molecule has 5 N–H and O–H groups in total. The van der Waals surface area contributed by atoms with Crippen molar-refractivity contribution in [3.63, 3.8) is 0 Å². The van der Waals surface area contributed by atoms with Gasteiger partial charge in [-0.2, -0.15) is 4.98 Å². The van der Waals surface area contributed by atoms with E-state index in [1.807, 2.05) is 0 Å². The van der Waals surface area contributed by atoms with Crippen LogP contribution in [0.2, 0.25) is 0 Å². The Morgan fingerprint density at radius 2 is 2.30 bits per heavy atom. The largest absolute Gasteiger partial charge is 0.394 e. The van der Waals surface area contributed by atoms with Crippen LogP contribution < -0.4 is 11.3 Å². The standard InChI is InChI=1S/C10H12BrN5O4/c11-9-13-6-7(14-10(12)15-8(6)19)16(9)5-1-3(18)4(2-17)20-5/h3-5,17-18H,1-2H2,(H3,12,14,15,19)/t3?,4-,5?/m1/s1. The molecule has 2 unspecified atom stereocenters. The number of nitrogen functional groups attached to an aromatic ring is 1. The number of hydrogen-bond donors (Lipinski definition) is 4. The number of H-pyrrole nitrogens is 1. The van der Waals surface area contributed by atoms with Gasteiger partial charge in [-0.1, -0.05) is 0 Å². The van der Waals surface area contributed by atoms with Crippen molar-refractivity contribution in [2.75, 3.05) is 12.3 Å². The third kappa shape index (κ3) is 2.00. The molecule has 1 saturated heterocycles. The highest BCUT2D eigenvalue weighted by atomic mass is 79.9. The maximum atomic E-state index is 11.8. The second-order valence-electron chi connectivity index (χ2n) is 4.49. The van der Waals surface area contributed by atoms with Gasteiger partial charge in [0.05, 0.1) is 12.7 Å². The normalized spacial score (nSPS) is 26.4. The van der Waals surface area contributed by atoms with Crippen molar-refractivity contribution in [2.24, 2.45) is 0 Å². The molecule has 1 aliphatic rings. The van der Waals surface area contributed by atoms with Gasteiger partial charge in [0.1, 0.15) is 12.3 Å². The minimum absolute atomic E-state index is 0.0339. The first-order valence-electron chi connectivity index (χ1n) is 5.89. The molecule has 2 aromatic heterocycles. The topological polar surface area (TPSA) is 139 Å². The molecule has 108 valence electrons. The number of aromatic nitrogens is 4. The van der Waals surface area contributed by atoms with Gasteiger partial charge in [0.2, 0.25) is 5.95 Å². The maximum Gasteiger partial charge on any atom is 0.280 e. The number of rotatable bonds is 2. The number of anilines is 1. The monoisotopic (exact) mass is 345 g/mol. The first kappa shape index (κ1) is 13.5. The number of aliphatic hydroxyl groups excluding tert-OH is 2. The first-order valence-corrected chi connectivity index (χ1v) is 6.68. The summed E-state index contributed by atoms with van der Waals surface area (Å²) < 4.78 is 7.40. The molecule has 1 fully saturated rings. The molecule has 10 heteroatoms. The fourth-order valence-corrected chi connectivity index (χ4v) is 2.84. The van der Waals surface area contributed by atoms with Crippen molar-refractivity contribution >= 4 is 33.0 Å². The Morgan fingerprint density at radius 1 is 1.55 bits per heavy atom. The zero-order valence-corrected chi connectivity index (χ0v) is 11.7. The summed E-state index contributed by atoms with van der Waals surface area (Å²) in [5.41, 5.74) is 5.45. The van der Waals surface area contributed by atoms with Gasteiger partial charge >= 0.3 is 0 Å². The van der Waals surface area contributed by atoms with Gasteiger partial charge < -0.3 is 20.7 Å². The fourth-order valence-electron chi connectivity index (χ4n) is 2.27. The summed E-state index contributed by atoms with van der Waals surface area (Å²) in [7, 11) is 0. The van der Waals surface area contributed by atoms with E-state index in [4.69, 9.17) is 15.6 Å². The van der Waals surface area contributed by atoms with E-state index in [9.17, 15) is 9.90 Å². The molecule has 0 aliphatic carbocycles. The van der Waals surface area contributed by atoms with Gasteiger partial charge in [-0.05, 0) is 15.9 Å². The molecular weight excluding hydrogens is 334 g/mol. The van der Waals surface area contributed by atoms with Crippen LogP contribution in [0.25, 0.3) is 11.2 Å². The number of fused-ring (bicyclic) bond motifs is 1. The lowest BCUT2D eigenvalue weighted by Gasteiger charge is -2.14. The van der Waals surface area contributed by atoms with Gasteiger partial charge in [-0.25, -0.2) is 4.98 Å². The van der Waals surface area contributed by atoms with Crippen LogP contribution in [-0.4, -0.2) is 48.5 Å². The number of imidazole rings is 1. The molecule has 0 radical (unpaired) electrons. The van der Waals surface area contributed by atoms with Gasteiger partial charge in [-0.3, -0.25) is 14.3 Å². The lowest BCUT2D eigenvalue weighted by molar-refractivity contribution is -0.0439. The Morgan fingerprint density at radius 3 is 2.95 bits per heavy atom. The molecule has 0 saturated carbocycles. The number of aromatic amines is 1. The zero-order valence-electron chi connectivity index (χ0n) is 10.2. The lowest BCUT2D eigenvalue weighted by atomic mass is 10.2. The molecule has 0 bridgehead atoms. The van der Waals surface area contributed by atoms with Crippen molar-refractivity contribution in [3.8, 4) is 0 Å². The Hall–Kier alpha value is -1.49. The molecule has 0 amide bonds. The number of aliphatic hydroxyl groups is 2. The molecular formula is C10H12BrN5O4. The van der Waals surface area contributed by atoms with E-state index in [1.165, 1.54) is 4.57 Å². The molecule has 0 aromatic carbocycles. The summed E-state index contributed by atoms with van der Waals surface area (Å²) in [6, 6.07) is 0. The summed E-state index contributed by atoms with van der Waals surface area (Å²) in [5, 5.41) is 18.9. The van der Waals surface area contributed by atoms with Crippen LogP contribution in [0.1, 0.15) is 12.6 Å². The summed E-state index contributed by atoms with van der Waals surface area (Å²) in [4.78, 5) is 22.2. The highest BCUT2D eigenvalue weighted by molar-refractivity contribution is 9.10. The van der Waals surface area contributed by atoms with E-state index in [-0.39, 0.29) is 30.1 Å². The average molecular weight is 346 g/mol. The van der Waals surface area contributed by atoms with Gasteiger partial charge in [0.15, 0.2) is 15.9 Å². The van der Waals surface area contributed by atoms with E-state index in [1.54, 1.807) is 0 Å². The second-order valence-corrected chi connectivity index (χ2v) is 5.20. The number of ether oxygens (including phenoxy) is 1. The minimum Gasteiger partial charge on any atom is -0.394 e. The molecule has 2 aromatic rings. The van der Waals surface area contributed by atoms with Crippen molar-refractivity contribution in [1.82, 2.24) is 19.5 Å². The minimum atomic E-state index is -0.798. The van der Waals surface area contributed by atoms with Crippen molar-refractivity contribution in [2.45, 2.75) is 24.9 Å². The fraction of sp³-hybridized carbons (Fsp3) is 0.500. The van der Waals surface area contributed by atoms with Crippen LogP contribution in [0, 0.1) is 0 Å². The zero-order chi connectivity index (χ0) is 14.4. The summed E-state index contributed by atoms with van der Waals surface area (Å²) >= 11 is 3.23. The third-order valence-corrected chi connectivity index (χ3v) is 3.76. The molecule has 9 nitrogen and oxygen atoms in total. The maximum absolute atomic E-state index is 11.8. The second kappa shape index (κ2) is 4.81. The number of nitrogens with zero attached hydrogens (tertiary/aromatic N) is 3. The lowest BCUT2D eigenvalue weighted by Crippen LogP contribution is -2.24. The molecule has 1 aliphatic heterocycles. The smallest absolute Gasteiger partial charge is 0.280 e. The van der Waals surface area contributed by atoms with Gasteiger partial charge in [0.25, 0.3) is 5.56 Å². The van der Waals surface area contributed by atoms with Crippen molar-refractivity contribution in [1.29, 1.82) is 0 Å². The SMILES string of the molecule is Nc1nc2c(nc(Br)n2C2CC(O)[C@@H](CO)O2)c(=O)[nH]1. The predicted molar refractivity (Wildman–Crippen MR) is 71.9 cm³/mol. The van der Waals surface area contributed by atoms with E-state index in [2.05, 4.69) is 30.9 Å². The first-order chi connectivity index (χ1) is 9.51. The predicted octanol–water partition coefficient (Wildman–Crippen LogP) is -0.895. The van der Waals surface area contributed by atoms with Crippen LogP contribution in [0.3, 0.4) is 0 Å². The average Bonchev–Trinajstić information content (AvgIpc) is 2.89. The van der Waals surface area contributed by atoms with Crippen molar-refractivity contribution in [3.05, 3.63) is 15.1 Å². The van der Waals surface area contributed by atoms with Crippen LogP contribution >= 0.6 is 15.9 Å². The van der Waals surface area contributed by atoms with Crippen LogP contribution in [0.4, 0.5) is 5.95 Å². The number of hydrogen-bond acceptors (Lipinski definition) is 7. The highest BCUT2D eigenvalue weighted by Gasteiger charge is 2.36. The van der Waals surface area contributed by atoms with Crippen molar-refractivity contribution < 1.29 is 14.9 Å². The van der Waals surface area contributed by atoms with Gasteiger partial charge in [-0.15, -0.1) is 0 Å². The molecule has 0 spiro atoms. The van der Waals surface area contributed by atoms with E-state index in [0.717, 1.165) is 0 Å². The van der Waals surface area contributed by atoms with Crippen LogP contribution in [0.15, 0.2) is 9.53 Å². The van der Waals surface area contributed by atoms with E-state index in [0.29, 0.717) is 4.73 Å². The Bertz CT molecular complexity index is 713. The number of nitrogens with two attached hydrogens (primary N) is 1. The third-order valence-electron chi connectivity index (χ3n) is 3.20. The van der Waals surface area contributed by atoms with E-state index < -0.39 is 24.0 Å². The number of halogens is 1. The summed E-state index contributed by atoms with van der Waals surface area (Å²) in [6.07, 6.45) is -1.81. The summed E-state index contributed by atoms with van der Waals surface area (Å²) in [5.74, 6) is -0.0339. The quantitative estimate of drug-likeness (QED) is 0.517. The number of nitrogens with one attached hydrogen (secondary N) is 1. The van der Waals surface area contributed by atoms with Crippen LogP contribution in [-0.2, 0) is 4.74 Å². The Labute approximate surface area is 120 Å². The van der Waals surface area contributed by atoms with Crippen LogP contribution in [0.5, 0.6) is 0 Å². The summed E-state index contributed by atoms with van der Waals surface area (Å²) in [6.45, 7) is -0.294. The molecule has 3 atom stereocenters. The highest BCUT2D eigenvalue weighted by Crippen LogP contribution is 2.33. The Balaban J connectivity index is 2.13. The molecule has 20 heavy (non-hydrogen) atoms. The Kier molecular flexibility index (Phi) is 3.24. The molecule has 3 heterocycles. The molecule has 3 rings (SSSR count). The van der Waals surface area contributed by atoms with Gasteiger partial charge in [0, 0.05) is 6.42 Å². The van der Waals surface area contributed by atoms with E-state index >= 15 is 0 Å².